The third-order valence-electron chi connectivity index (χ3n) is 3.24. The van der Waals surface area contributed by atoms with Gasteiger partial charge < -0.3 is 15.2 Å². The van der Waals surface area contributed by atoms with E-state index in [-0.39, 0.29) is 11.1 Å². The lowest BCUT2D eigenvalue weighted by Gasteiger charge is -2.07. The highest BCUT2D eigenvalue weighted by atomic mass is 16.5. The van der Waals surface area contributed by atoms with Crippen molar-refractivity contribution in [2.45, 2.75) is 6.92 Å². The minimum atomic E-state index is -1.04. The first kappa shape index (κ1) is 17.8. The van der Waals surface area contributed by atoms with E-state index in [0.29, 0.717) is 23.6 Å². The van der Waals surface area contributed by atoms with Crippen molar-refractivity contribution in [1.82, 2.24) is 0 Å². The van der Waals surface area contributed by atoms with Gasteiger partial charge >= 0.3 is 5.97 Å². The number of hydrogen-bond acceptors (Lipinski definition) is 4. The van der Waals surface area contributed by atoms with Crippen LogP contribution in [0.15, 0.2) is 54.1 Å². The van der Waals surface area contributed by atoms with Gasteiger partial charge in [-0.1, -0.05) is 18.2 Å². The molecule has 0 aliphatic heterocycles. The molecule has 0 aromatic heterocycles. The van der Waals surface area contributed by atoms with E-state index < -0.39 is 11.9 Å². The fraction of sp³-hybridized carbons (Fsp3) is 0.105. The van der Waals surface area contributed by atoms with Crippen molar-refractivity contribution in [3.05, 3.63) is 65.2 Å². The fourth-order valence-electron chi connectivity index (χ4n) is 2.07. The molecule has 2 rings (SSSR count). The van der Waals surface area contributed by atoms with Gasteiger partial charge in [0.25, 0.3) is 5.91 Å². The van der Waals surface area contributed by atoms with Crippen molar-refractivity contribution in [1.29, 1.82) is 5.26 Å². The average molecular weight is 336 g/mol. The highest BCUT2D eigenvalue weighted by molar-refractivity contribution is 6.09. The van der Waals surface area contributed by atoms with Gasteiger partial charge in [-0.2, -0.15) is 5.26 Å². The minimum absolute atomic E-state index is 0.0927. The zero-order chi connectivity index (χ0) is 18.2. The van der Waals surface area contributed by atoms with Crippen molar-refractivity contribution >= 4 is 23.6 Å². The molecule has 0 heterocycles. The van der Waals surface area contributed by atoms with E-state index in [9.17, 15) is 14.9 Å². The van der Waals surface area contributed by atoms with Crippen LogP contribution in [0, 0.1) is 11.3 Å². The Balaban J connectivity index is 2.16. The fourth-order valence-corrected chi connectivity index (χ4v) is 2.07. The van der Waals surface area contributed by atoms with E-state index in [1.54, 1.807) is 24.3 Å². The number of ether oxygens (including phenoxy) is 1. The van der Waals surface area contributed by atoms with Gasteiger partial charge in [0.15, 0.2) is 0 Å². The summed E-state index contributed by atoms with van der Waals surface area (Å²) in [7, 11) is 0. The molecule has 6 nitrogen and oxygen atoms in total. The molecule has 0 radical (unpaired) electrons. The summed E-state index contributed by atoms with van der Waals surface area (Å²) in [5.41, 5.74) is 1.11. The molecule has 0 aliphatic rings. The lowest BCUT2D eigenvalue weighted by atomic mass is 10.1. The smallest absolute Gasteiger partial charge is 0.335 e. The first-order valence-electron chi connectivity index (χ1n) is 7.53. The number of rotatable bonds is 6. The van der Waals surface area contributed by atoms with Gasteiger partial charge in [-0.15, -0.1) is 0 Å². The first-order chi connectivity index (χ1) is 12.0. The maximum atomic E-state index is 12.3. The van der Waals surface area contributed by atoms with Crippen LogP contribution in [0.4, 0.5) is 5.69 Å². The van der Waals surface area contributed by atoms with Crippen LogP contribution >= 0.6 is 0 Å². The molecule has 0 spiro atoms. The van der Waals surface area contributed by atoms with Gasteiger partial charge in [0.2, 0.25) is 0 Å². The molecule has 0 aliphatic carbocycles. The average Bonchev–Trinajstić information content (AvgIpc) is 2.60. The van der Waals surface area contributed by atoms with Gasteiger partial charge in [0, 0.05) is 11.8 Å². The molecule has 0 saturated carbocycles. The van der Waals surface area contributed by atoms with Crippen LogP contribution in [-0.2, 0) is 4.79 Å². The van der Waals surface area contributed by atoms with Crippen molar-refractivity contribution in [3.63, 3.8) is 0 Å². The van der Waals surface area contributed by atoms with Crippen LogP contribution in [0.1, 0.15) is 22.8 Å². The Morgan fingerprint density at radius 2 is 1.96 bits per heavy atom. The van der Waals surface area contributed by atoms with Gasteiger partial charge in [0.05, 0.1) is 12.2 Å². The van der Waals surface area contributed by atoms with Crippen LogP contribution < -0.4 is 10.1 Å². The van der Waals surface area contributed by atoms with Gasteiger partial charge in [-0.05, 0) is 42.8 Å². The van der Waals surface area contributed by atoms with E-state index in [1.165, 1.54) is 30.3 Å². The van der Waals surface area contributed by atoms with E-state index >= 15 is 0 Å². The number of nitriles is 1. The molecule has 0 saturated heterocycles. The summed E-state index contributed by atoms with van der Waals surface area (Å²) in [6.45, 7) is 2.37. The largest absolute Gasteiger partial charge is 0.494 e. The molecule has 1 amide bonds. The van der Waals surface area contributed by atoms with Gasteiger partial charge in [-0.3, -0.25) is 4.79 Å². The Hall–Kier alpha value is -3.59. The van der Waals surface area contributed by atoms with E-state index in [0.717, 1.165) is 0 Å². The molecular formula is C19H16N2O4. The van der Waals surface area contributed by atoms with Crippen molar-refractivity contribution < 1.29 is 19.4 Å². The Morgan fingerprint density at radius 1 is 1.24 bits per heavy atom. The Morgan fingerprint density at radius 3 is 2.56 bits per heavy atom. The van der Waals surface area contributed by atoms with Gasteiger partial charge in [0.1, 0.15) is 17.4 Å². The summed E-state index contributed by atoms with van der Waals surface area (Å²) in [5, 5.41) is 20.7. The monoisotopic (exact) mass is 336 g/mol. The highest BCUT2D eigenvalue weighted by Crippen LogP contribution is 2.18. The third kappa shape index (κ3) is 4.94. The summed E-state index contributed by atoms with van der Waals surface area (Å²) in [4.78, 5) is 23.1. The standard InChI is InChI=1S/C19H16N2O4/c1-2-25-17-5-3-4-16(11-17)21-18(22)15(12-20)10-13-6-8-14(9-7-13)19(23)24/h3-11H,2H2,1H3,(H,21,22)(H,23,24). The lowest BCUT2D eigenvalue weighted by Crippen LogP contribution is -2.13. The number of aromatic carboxylic acids is 1. The molecule has 25 heavy (non-hydrogen) atoms. The number of carboxylic acids is 1. The second-order valence-electron chi connectivity index (χ2n) is 5.01. The molecule has 6 heteroatoms. The van der Waals surface area contributed by atoms with Crippen LogP contribution in [0.3, 0.4) is 0 Å². The summed E-state index contributed by atoms with van der Waals surface area (Å²) in [6.07, 6.45) is 1.40. The number of anilines is 1. The Bertz CT molecular complexity index is 848. The first-order valence-corrected chi connectivity index (χ1v) is 7.53. The normalized spacial score (nSPS) is 10.6. The zero-order valence-electron chi connectivity index (χ0n) is 13.5. The highest BCUT2D eigenvalue weighted by Gasteiger charge is 2.10. The number of carboxylic acid groups (broad SMARTS) is 1. The SMILES string of the molecule is CCOc1cccc(NC(=O)C(C#N)=Cc2ccc(C(=O)O)cc2)c1. The number of nitrogens with one attached hydrogen (secondary N) is 1. The quantitative estimate of drug-likeness (QED) is 0.622. The second-order valence-corrected chi connectivity index (χ2v) is 5.01. The summed E-state index contributed by atoms with van der Waals surface area (Å²) in [5.74, 6) is -0.978. The molecule has 2 aromatic carbocycles. The molecule has 0 atom stereocenters. The van der Waals surface area contributed by atoms with Crippen LogP contribution in [0.5, 0.6) is 5.75 Å². The van der Waals surface area contributed by atoms with Crippen molar-refractivity contribution in [2.75, 3.05) is 11.9 Å². The number of benzene rings is 2. The van der Waals surface area contributed by atoms with Gasteiger partial charge in [-0.25, -0.2) is 4.79 Å². The summed E-state index contributed by atoms with van der Waals surface area (Å²) < 4.78 is 5.36. The molecule has 126 valence electrons. The van der Waals surface area contributed by atoms with Crippen LogP contribution in [0.25, 0.3) is 6.08 Å². The topological polar surface area (TPSA) is 99.4 Å². The Labute approximate surface area is 145 Å². The molecule has 2 aromatic rings. The molecule has 0 bridgehead atoms. The molecular weight excluding hydrogens is 320 g/mol. The third-order valence-corrected chi connectivity index (χ3v) is 3.24. The summed E-state index contributed by atoms with van der Waals surface area (Å²) in [6, 6.07) is 14.6. The maximum absolute atomic E-state index is 12.3. The molecule has 0 unspecified atom stereocenters. The predicted octanol–water partition coefficient (Wildman–Crippen LogP) is 3.33. The number of amides is 1. The van der Waals surface area contributed by atoms with Crippen LogP contribution in [0.2, 0.25) is 0 Å². The number of carbonyl (C=O) groups is 2. The zero-order valence-corrected chi connectivity index (χ0v) is 13.5. The van der Waals surface area contributed by atoms with Crippen LogP contribution in [-0.4, -0.2) is 23.6 Å². The number of carbonyl (C=O) groups excluding carboxylic acids is 1. The Kier molecular flexibility index (Phi) is 5.91. The van der Waals surface area contributed by atoms with E-state index in [4.69, 9.17) is 9.84 Å². The number of nitrogens with zero attached hydrogens (tertiary/aromatic N) is 1. The number of hydrogen-bond donors (Lipinski definition) is 2. The van der Waals surface area contributed by atoms with Crippen molar-refractivity contribution in [3.8, 4) is 11.8 Å². The minimum Gasteiger partial charge on any atom is -0.494 e. The molecule has 0 fully saturated rings. The van der Waals surface area contributed by atoms with Crippen molar-refractivity contribution in [2.24, 2.45) is 0 Å². The molecule has 2 N–H and O–H groups in total. The lowest BCUT2D eigenvalue weighted by molar-refractivity contribution is -0.112. The van der Waals surface area contributed by atoms with E-state index in [1.807, 2.05) is 13.0 Å². The predicted molar refractivity (Wildman–Crippen MR) is 93.2 cm³/mol. The maximum Gasteiger partial charge on any atom is 0.335 e. The second kappa shape index (κ2) is 8.31. The van der Waals surface area contributed by atoms with E-state index in [2.05, 4.69) is 5.32 Å². The summed E-state index contributed by atoms with van der Waals surface area (Å²) >= 11 is 0.